The first kappa shape index (κ1) is 12.2. The van der Waals surface area contributed by atoms with Crippen LogP contribution in [0.5, 0.6) is 0 Å². The summed E-state index contributed by atoms with van der Waals surface area (Å²) in [4.78, 5) is 0. The first-order valence-corrected chi connectivity index (χ1v) is 7.33. The quantitative estimate of drug-likeness (QED) is 0.874. The molecule has 1 aromatic heterocycles. The van der Waals surface area contributed by atoms with Gasteiger partial charge in [-0.2, -0.15) is 0 Å². The summed E-state index contributed by atoms with van der Waals surface area (Å²) in [6.07, 6.45) is 9.46. The van der Waals surface area contributed by atoms with Crippen LogP contribution in [0.25, 0.3) is 0 Å². The fourth-order valence-corrected chi connectivity index (χ4v) is 3.69. The Labute approximate surface area is 108 Å². The van der Waals surface area contributed by atoms with Crippen molar-refractivity contribution in [1.82, 2.24) is 10.2 Å². The first-order valence-electron chi connectivity index (χ1n) is 7.33. The second-order valence-electron chi connectivity index (χ2n) is 6.08. The second-order valence-corrected chi connectivity index (χ2v) is 6.08. The zero-order chi connectivity index (χ0) is 12.5. The molecule has 100 valence electrons. The molecule has 0 spiro atoms. The van der Waals surface area contributed by atoms with Gasteiger partial charge in [-0.15, -0.1) is 10.2 Å². The summed E-state index contributed by atoms with van der Waals surface area (Å²) >= 11 is 0. The molecule has 2 aliphatic carbocycles. The molecule has 2 N–H and O–H groups in total. The molecule has 0 radical (unpaired) electrons. The number of nitrogens with zero attached hydrogens (tertiary/aromatic N) is 2. The highest BCUT2D eigenvalue weighted by Gasteiger charge is 2.34. The summed E-state index contributed by atoms with van der Waals surface area (Å²) in [5, 5.41) is 8.26. The zero-order valence-electron chi connectivity index (χ0n) is 11.1. The molecule has 2 saturated carbocycles. The Balaban J connectivity index is 1.69. The fraction of sp³-hybridized carbons (Fsp3) is 0.857. The van der Waals surface area contributed by atoms with Gasteiger partial charge in [-0.05, 0) is 38.0 Å². The van der Waals surface area contributed by atoms with Gasteiger partial charge < -0.3 is 10.2 Å². The third-order valence-electron chi connectivity index (χ3n) is 4.73. The van der Waals surface area contributed by atoms with Gasteiger partial charge in [0.25, 0.3) is 0 Å². The maximum atomic E-state index is 5.77. The molecule has 2 fully saturated rings. The van der Waals surface area contributed by atoms with Gasteiger partial charge in [0, 0.05) is 5.92 Å². The molecular formula is C14H23N3O. The van der Waals surface area contributed by atoms with Crippen LogP contribution in [-0.2, 0) is 0 Å². The lowest BCUT2D eigenvalue weighted by Crippen LogP contribution is -2.26. The van der Waals surface area contributed by atoms with E-state index in [1.165, 1.54) is 44.9 Å². The lowest BCUT2D eigenvalue weighted by atomic mass is 9.67. The van der Waals surface area contributed by atoms with E-state index in [1.807, 2.05) is 6.92 Å². The molecule has 0 saturated heterocycles. The van der Waals surface area contributed by atoms with Crippen LogP contribution >= 0.6 is 0 Å². The van der Waals surface area contributed by atoms with Gasteiger partial charge in [-0.3, -0.25) is 0 Å². The molecular weight excluding hydrogens is 226 g/mol. The van der Waals surface area contributed by atoms with Crippen LogP contribution in [0.3, 0.4) is 0 Å². The van der Waals surface area contributed by atoms with E-state index in [0.717, 1.165) is 17.7 Å². The minimum absolute atomic E-state index is 0.155. The highest BCUT2D eigenvalue weighted by Crippen LogP contribution is 2.45. The second kappa shape index (κ2) is 5.00. The van der Waals surface area contributed by atoms with Gasteiger partial charge in [-0.25, -0.2) is 0 Å². The molecule has 4 heteroatoms. The maximum absolute atomic E-state index is 5.77. The summed E-state index contributed by atoms with van der Waals surface area (Å²) in [5.41, 5.74) is 5.77. The van der Waals surface area contributed by atoms with Gasteiger partial charge in [0.15, 0.2) is 0 Å². The molecule has 0 aliphatic heterocycles. The normalized spacial score (nSPS) is 34.0. The van der Waals surface area contributed by atoms with Crippen molar-refractivity contribution in [2.45, 2.75) is 63.8 Å². The largest absolute Gasteiger partial charge is 0.423 e. The lowest BCUT2D eigenvalue weighted by Gasteiger charge is -2.38. The van der Waals surface area contributed by atoms with E-state index < -0.39 is 0 Å². The summed E-state index contributed by atoms with van der Waals surface area (Å²) in [5.74, 6) is 3.74. The van der Waals surface area contributed by atoms with Crippen LogP contribution in [-0.4, -0.2) is 10.2 Å². The minimum atomic E-state index is -0.155. The van der Waals surface area contributed by atoms with Crippen LogP contribution in [0.2, 0.25) is 0 Å². The number of fused-ring (bicyclic) bond motifs is 1. The standard InChI is InChI=1S/C14H23N3O/c1-9(15)13-16-17-14(18-13)12-7-6-10-4-2-3-5-11(10)8-12/h9-12H,2-8,15H2,1H3. The van der Waals surface area contributed by atoms with Gasteiger partial charge in [0.1, 0.15) is 0 Å². The van der Waals surface area contributed by atoms with E-state index in [1.54, 1.807) is 0 Å². The predicted molar refractivity (Wildman–Crippen MR) is 68.9 cm³/mol. The van der Waals surface area contributed by atoms with Gasteiger partial charge in [-0.1, -0.05) is 25.7 Å². The van der Waals surface area contributed by atoms with E-state index in [9.17, 15) is 0 Å². The van der Waals surface area contributed by atoms with Crippen molar-refractivity contribution in [1.29, 1.82) is 0 Å². The highest BCUT2D eigenvalue weighted by atomic mass is 16.4. The fourth-order valence-electron chi connectivity index (χ4n) is 3.69. The third kappa shape index (κ3) is 2.30. The van der Waals surface area contributed by atoms with Crippen molar-refractivity contribution in [3.05, 3.63) is 11.8 Å². The van der Waals surface area contributed by atoms with Crippen LogP contribution in [0.1, 0.15) is 75.6 Å². The van der Waals surface area contributed by atoms with Crippen molar-refractivity contribution in [2.24, 2.45) is 17.6 Å². The summed E-state index contributed by atoms with van der Waals surface area (Å²) in [6.45, 7) is 1.88. The van der Waals surface area contributed by atoms with Crippen LogP contribution in [0.15, 0.2) is 4.42 Å². The van der Waals surface area contributed by atoms with Gasteiger partial charge in [0.05, 0.1) is 6.04 Å². The Morgan fingerprint density at radius 2 is 1.89 bits per heavy atom. The average Bonchev–Trinajstić information content (AvgIpc) is 2.88. The molecule has 1 aromatic rings. The number of aromatic nitrogens is 2. The Kier molecular flexibility index (Phi) is 3.37. The molecule has 2 aliphatic rings. The molecule has 4 nitrogen and oxygen atoms in total. The average molecular weight is 249 g/mol. The number of hydrogen-bond donors (Lipinski definition) is 1. The van der Waals surface area contributed by atoms with E-state index >= 15 is 0 Å². The molecule has 4 atom stereocenters. The van der Waals surface area contributed by atoms with E-state index in [0.29, 0.717) is 11.8 Å². The Bertz CT molecular complexity index is 401. The van der Waals surface area contributed by atoms with Crippen molar-refractivity contribution >= 4 is 0 Å². The van der Waals surface area contributed by atoms with Crippen molar-refractivity contribution in [3.8, 4) is 0 Å². The number of hydrogen-bond acceptors (Lipinski definition) is 4. The van der Waals surface area contributed by atoms with Gasteiger partial charge >= 0.3 is 0 Å². The third-order valence-corrected chi connectivity index (χ3v) is 4.73. The van der Waals surface area contributed by atoms with Crippen molar-refractivity contribution in [3.63, 3.8) is 0 Å². The molecule has 4 unspecified atom stereocenters. The summed E-state index contributed by atoms with van der Waals surface area (Å²) in [6, 6.07) is -0.155. The zero-order valence-corrected chi connectivity index (χ0v) is 11.1. The smallest absolute Gasteiger partial charge is 0.232 e. The molecule has 0 bridgehead atoms. The first-order chi connectivity index (χ1) is 8.74. The van der Waals surface area contributed by atoms with Crippen LogP contribution in [0.4, 0.5) is 0 Å². The lowest BCUT2D eigenvalue weighted by molar-refractivity contribution is 0.145. The topological polar surface area (TPSA) is 64.9 Å². The van der Waals surface area contributed by atoms with E-state index in [2.05, 4.69) is 10.2 Å². The van der Waals surface area contributed by atoms with E-state index in [-0.39, 0.29) is 6.04 Å². The Morgan fingerprint density at radius 3 is 2.61 bits per heavy atom. The molecule has 0 aromatic carbocycles. The molecule has 0 amide bonds. The van der Waals surface area contributed by atoms with E-state index in [4.69, 9.17) is 10.2 Å². The highest BCUT2D eigenvalue weighted by molar-refractivity contribution is 4.98. The Hall–Kier alpha value is -0.900. The maximum Gasteiger partial charge on any atom is 0.232 e. The Morgan fingerprint density at radius 1 is 1.11 bits per heavy atom. The van der Waals surface area contributed by atoms with Crippen LogP contribution < -0.4 is 5.73 Å². The molecule has 1 heterocycles. The van der Waals surface area contributed by atoms with Gasteiger partial charge in [0.2, 0.25) is 11.8 Å². The summed E-state index contributed by atoms with van der Waals surface area (Å²) in [7, 11) is 0. The van der Waals surface area contributed by atoms with Crippen LogP contribution in [0, 0.1) is 11.8 Å². The van der Waals surface area contributed by atoms with Crippen molar-refractivity contribution < 1.29 is 4.42 Å². The number of rotatable bonds is 2. The number of nitrogens with two attached hydrogens (primary N) is 1. The monoisotopic (exact) mass is 249 g/mol. The van der Waals surface area contributed by atoms with Crippen molar-refractivity contribution in [2.75, 3.05) is 0 Å². The SMILES string of the molecule is CC(N)c1nnc(C2CCC3CCCCC3C2)o1. The summed E-state index contributed by atoms with van der Waals surface area (Å²) < 4.78 is 5.72. The molecule has 18 heavy (non-hydrogen) atoms. The predicted octanol–water partition coefficient (Wildman–Crippen LogP) is 3.16. The minimum Gasteiger partial charge on any atom is -0.423 e. The molecule has 3 rings (SSSR count).